The average molecular weight is 304 g/mol. The number of amides is 2. The lowest BCUT2D eigenvalue weighted by molar-refractivity contribution is 0.181. The first-order valence-corrected chi connectivity index (χ1v) is 8.40. The molecule has 120 valence electrons. The maximum atomic E-state index is 12.1. The largest absolute Gasteiger partial charge is 0.381 e. The zero-order chi connectivity index (χ0) is 15.0. The van der Waals surface area contributed by atoms with E-state index in [4.69, 9.17) is 4.74 Å². The van der Waals surface area contributed by atoms with Crippen molar-refractivity contribution in [1.29, 1.82) is 0 Å². The summed E-state index contributed by atoms with van der Waals surface area (Å²) in [5.74, 6) is 2.12. The number of anilines is 1. The van der Waals surface area contributed by atoms with Gasteiger partial charge < -0.3 is 10.1 Å². The summed E-state index contributed by atoms with van der Waals surface area (Å²) in [5.41, 5.74) is 0.429. The van der Waals surface area contributed by atoms with Gasteiger partial charge in [0, 0.05) is 31.7 Å². The quantitative estimate of drug-likeness (QED) is 0.847. The van der Waals surface area contributed by atoms with Crippen LogP contribution in [0.5, 0.6) is 0 Å². The highest BCUT2D eigenvalue weighted by Crippen LogP contribution is 2.60. The highest BCUT2D eigenvalue weighted by Gasteiger charge is 2.53. The summed E-state index contributed by atoms with van der Waals surface area (Å²) >= 11 is 0. The Labute approximate surface area is 130 Å². The van der Waals surface area contributed by atoms with Gasteiger partial charge in [-0.25, -0.2) is 9.48 Å². The third-order valence-electron chi connectivity index (χ3n) is 5.35. The number of ether oxygens (including phenoxy) is 1. The van der Waals surface area contributed by atoms with Crippen molar-refractivity contribution in [3.63, 3.8) is 0 Å². The second-order valence-corrected chi connectivity index (χ2v) is 7.07. The van der Waals surface area contributed by atoms with E-state index in [2.05, 4.69) is 15.7 Å². The third kappa shape index (κ3) is 2.97. The molecule has 2 aliphatic carbocycles. The fourth-order valence-electron chi connectivity index (χ4n) is 3.56. The van der Waals surface area contributed by atoms with E-state index in [0.29, 0.717) is 11.3 Å². The SMILES string of the molecule is O=C(NCC1(C2CC2)CC1)Nc1ccnn1CC1CCOC1. The third-order valence-corrected chi connectivity index (χ3v) is 5.35. The molecule has 2 heterocycles. The first kappa shape index (κ1) is 14.1. The summed E-state index contributed by atoms with van der Waals surface area (Å²) in [6.45, 7) is 3.23. The highest BCUT2D eigenvalue weighted by molar-refractivity contribution is 5.88. The van der Waals surface area contributed by atoms with Gasteiger partial charge in [0.25, 0.3) is 0 Å². The summed E-state index contributed by atoms with van der Waals surface area (Å²) in [4.78, 5) is 12.1. The molecule has 0 aromatic carbocycles. The molecule has 2 amide bonds. The predicted octanol–water partition coefficient (Wildman–Crippen LogP) is 2.23. The van der Waals surface area contributed by atoms with Gasteiger partial charge >= 0.3 is 6.03 Å². The summed E-state index contributed by atoms with van der Waals surface area (Å²) in [6.07, 6.45) is 8.04. The van der Waals surface area contributed by atoms with Gasteiger partial charge in [0.1, 0.15) is 5.82 Å². The number of nitrogens with zero attached hydrogens (tertiary/aromatic N) is 2. The Bertz CT molecular complexity index is 542. The molecule has 1 aromatic heterocycles. The molecule has 22 heavy (non-hydrogen) atoms. The molecule has 6 heteroatoms. The molecule has 6 nitrogen and oxygen atoms in total. The molecule has 3 aliphatic rings. The van der Waals surface area contributed by atoms with Crippen molar-refractivity contribution in [2.24, 2.45) is 17.3 Å². The number of carbonyl (C=O) groups is 1. The zero-order valence-electron chi connectivity index (χ0n) is 12.9. The molecular weight excluding hydrogens is 280 g/mol. The molecule has 4 rings (SSSR count). The molecule has 1 unspecified atom stereocenters. The van der Waals surface area contributed by atoms with Crippen LogP contribution in [0.15, 0.2) is 12.3 Å². The van der Waals surface area contributed by atoms with Crippen LogP contribution in [0.2, 0.25) is 0 Å². The first-order valence-electron chi connectivity index (χ1n) is 8.40. The Morgan fingerprint density at radius 2 is 2.27 bits per heavy atom. The summed E-state index contributed by atoms with van der Waals surface area (Å²) < 4.78 is 7.27. The number of rotatable bonds is 6. The molecule has 1 aliphatic heterocycles. The van der Waals surface area contributed by atoms with Crippen molar-refractivity contribution in [2.75, 3.05) is 25.1 Å². The molecule has 0 radical (unpaired) electrons. The smallest absolute Gasteiger partial charge is 0.320 e. The Kier molecular flexibility index (Phi) is 3.56. The molecular formula is C16H24N4O2. The van der Waals surface area contributed by atoms with Gasteiger partial charge in [-0.15, -0.1) is 0 Å². The van der Waals surface area contributed by atoms with Crippen LogP contribution in [-0.2, 0) is 11.3 Å². The predicted molar refractivity (Wildman–Crippen MR) is 82.6 cm³/mol. The number of nitrogens with one attached hydrogen (secondary N) is 2. The molecule has 2 N–H and O–H groups in total. The number of carbonyl (C=O) groups excluding carboxylic acids is 1. The van der Waals surface area contributed by atoms with Crippen molar-refractivity contribution in [3.05, 3.63) is 12.3 Å². The van der Waals surface area contributed by atoms with E-state index in [1.54, 1.807) is 6.20 Å². The van der Waals surface area contributed by atoms with Crippen LogP contribution in [0, 0.1) is 17.3 Å². The molecule has 3 fully saturated rings. The zero-order valence-corrected chi connectivity index (χ0v) is 12.9. The van der Waals surface area contributed by atoms with Crippen LogP contribution >= 0.6 is 0 Å². The average Bonchev–Trinajstić information content (AvgIpc) is 3.41. The van der Waals surface area contributed by atoms with Crippen LogP contribution in [0.4, 0.5) is 10.6 Å². The number of hydrogen-bond donors (Lipinski definition) is 2. The van der Waals surface area contributed by atoms with Crippen molar-refractivity contribution in [3.8, 4) is 0 Å². The van der Waals surface area contributed by atoms with Gasteiger partial charge in [0.15, 0.2) is 0 Å². The highest BCUT2D eigenvalue weighted by atomic mass is 16.5. The van der Waals surface area contributed by atoms with E-state index < -0.39 is 0 Å². The van der Waals surface area contributed by atoms with E-state index in [-0.39, 0.29) is 6.03 Å². The normalized spacial score (nSPS) is 25.9. The van der Waals surface area contributed by atoms with Gasteiger partial charge in [0.2, 0.25) is 0 Å². The molecule has 2 saturated carbocycles. The minimum Gasteiger partial charge on any atom is -0.381 e. The van der Waals surface area contributed by atoms with E-state index in [0.717, 1.165) is 44.5 Å². The lowest BCUT2D eigenvalue weighted by Crippen LogP contribution is -2.35. The molecule has 0 bridgehead atoms. The van der Waals surface area contributed by atoms with Gasteiger partial charge in [-0.05, 0) is 43.4 Å². The first-order chi connectivity index (χ1) is 10.8. The van der Waals surface area contributed by atoms with E-state index in [9.17, 15) is 4.79 Å². The van der Waals surface area contributed by atoms with Crippen LogP contribution < -0.4 is 10.6 Å². The molecule has 1 atom stereocenters. The monoisotopic (exact) mass is 304 g/mol. The van der Waals surface area contributed by atoms with E-state index >= 15 is 0 Å². The second kappa shape index (κ2) is 5.57. The van der Waals surface area contributed by atoms with Crippen molar-refractivity contribution in [1.82, 2.24) is 15.1 Å². The van der Waals surface area contributed by atoms with Crippen LogP contribution in [0.3, 0.4) is 0 Å². The van der Waals surface area contributed by atoms with Crippen LogP contribution in [-0.4, -0.2) is 35.6 Å². The van der Waals surface area contributed by atoms with E-state index in [1.807, 2.05) is 10.7 Å². The molecule has 1 saturated heterocycles. The Balaban J connectivity index is 1.29. The van der Waals surface area contributed by atoms with Crippen molar-refractivity contribution in [2.45, 2.75) is 38.6 Å². The van der Waals surface area contributed by atoms with Gasteiger partial charge in [0.05, 0.1) is 12.8 Å². The lowest BCUT2D eigenvalue weighted by atomic mass is 10.0. The van der Waals surface area contributed by atoms with Crippen molar-refractivity contribution >= 4 is 11.8 Å². The Morgan fingerprint density at radius 1 is 1.41 bits per heavy atom. The lowest BCUT2D eigenvalue weighted by Gasteiger charge is -2.16. The second-order valence-electron chi connectivity index (χ2n) is 7.07. The fourth-order valence-corrected chi connectivity index (χ4v) is 3.56. The summed E-state index contributed by atoms with van der Waals surface area (Å²) in [7, 11) is 0. The molecule has 1 aromatic rings. The van der Waals surface area contributed by atoms with Gasteiger partial charge in [-0.3, -0.25) is 5.32 Å². The maximum absolute atomic E-state index is 12.1. The number of aromatic nitrogens is 2. The number of hydrogen-bond acceptors (Lipinski definition) is 3. The summed E-state index contributed by atoms with van der Waals surface area (Å²) in [6, 6.07) is 1.74. The minimum atomic E-state index is -0.114. The van der Waals surface area contributed by atoms with Gasteiger partial charge in [-0.2, -0.15) is 5.10 Å². The topological polar surface area (TPSA) is 68.2 Å². The van der Waals surface area contributed by atoms with Gasteiger partial charge in [-0.1, -0.05) is 0 Å². The van der Waals surface area contributed by atoms with Crippen molar-refractivity contribution < 1.29 is 9.53 Å². The fraction of sp³-hybridized carbons (Fsp3) is 0.750. The maximum Gasteiger partial charge on any atom is 0.320 e. The van der Waals surface area contributed by atoms with Crippen LogP contribution in [0.1, 0.15) is 32.1 Å². The Morgan fingerprint density at radius 3 is 2.95 bits per heavy atom. The van der Waals surface area contributed by atoms with E-state index in [1.165, 1.54) is 25.7 Å². The standard InChI is InChI=1S/C16H24N4O2/c21-15(17-11-16(5-6-16)13-1-2-13)19-14-3-7-18-20(14)9-12-4-8-22-10-12/h3,7,12-13H,1-2,4-6,8-11H2,(H2,17,19,21). The van der Waals surface area contributed by atoms with Crippen LogP contribution in [0.25, 0.3) is 0 Å². The minimum absolute atomic E-state index is 0.114. The Hall–Kier alpha value is -1.56. The summed E-state index contributed by atoms with van der Waals surface area (Å²) in [5, 5.41) is 10.3. The molecule has 0 spiro atoms. The number of urea groups is 1.